The lowest BCUT2D eigenvalue weighted by Gasteiger charge is -2.49. The molecule has 0 saturated carbocycles. The summed E-state index contributed by atoms with van der Waals surface area (Å²) >= 11 is 1.27. The number of aromatic nitrogens is 2. The van der Waals surface area contributed by atoms with Crippen LogP contribution in [0.15, 0.2) is 22.9 Å². The van der Waals surface area contributed by atoms with E-state index in [1.54, 1.807) is 12.1 Å². The molecule has 2 unspecified atom stereocenters. The number of thiophene rings is 1. The zero-order valence-corrected chi connectivity index (χ0v) is 13.6. The fraction of sp³-hybridized carbons (Fsp3) is 0.533. The number of carbonyl (C=O) groups excluding carboxylic acids is 1. The van der Waals surface area contributed by atoms with Crippen LogP contribution in [0, 0.1) is 5.92 Å². The number of nitrogens with zero attached hydrogens (tertiary/aromatic N) is 3. The Hall–Kier alpha value is -1.93. The number of amides is 1. The first-order valence-corrected chi connectivity index (χ1v) is 8.61. The van der Waals surface area contributed by atoms with Crippen molar-refractivity contribution in [3.63, 3.8) is 0 Å². The average Bonchev–Trinajstić information content (AvgIpc) is 3.23. The zero-order chi connectivity index (χ0) is 15.8. The van der Waals surface area contributed by atoms with Crippen molar-refractivity contribution in [3.8, 4) is 11.1 Å². The molecule has 3 aliphatic rings. The molecule has 3 saturated heterocycles. The summed E-state index contributed by atoms with van der Waals surface area (Å²) in [5.41, 5.74) is 0. The molecule has 2 aromatic heterocycles. The van der Waals surface area contributed by atoms with Gasteiger partial charge < -0.3 is 14.5 Å². The molecule has 0 aliphatic carbocycles. The molecule has 7 nitrogen and oxygen atoms in total. The third kappa shape index (κ3) is 2.84. The van der Waals surface area contributed by atoms with E-state index in [2.05, 4.69) is 27.3 Å². The second-order valence-electron chi connectivity index (χ2n) is 6.04. The van der Waals surface area contributed by atoms with E-state index >= 15 is 0 Å². The lowest BCUT2D eigenvalue weighted by Crippen LogP contribution is -2.62. The van der Waals surface area contributed by atoms with Gasteiger partial charge in [-0.05, 0) is 50.9 Å². The van der Waals surface area contributed by atoms with Crippen molar-refractivity contribution in [2.45, 2.75) is 31.8 Å². The molecule has 0 spiro atoms. The number of ether oxygens (including phenoxy) is 1. The van der Waals surface area contributed by atoms with Gasteiger partial charge in [0.15, 0.2) is 5.06 Å². The van der Waals surface area contributed by atoms with Gasteiger partial charge in [-0.15, -0.1) is 5.10 Å². The minimum atomic E-state index is -0.0408. The van der Waals surface area contributed by atoms with E-state index in [0.717, 1.165) is 13.1 Å². The third-order valence-electron chi connectivity index (χ3n) is 4.81. The van der Waals surface area contributed by atoms with Crippen molar-refractivity contribution in [1.82, 2.24) is 20.4 Å². The average molecular weight is 334 g/mol. The Morgan fingerprint density at radius 1 is 1.43 bits per heavy atom. The van der Waals surface area contributed by atoms with Crippen molar-refractivity contribution in [2.75, 3.05) is 13.1 Å². The smallest absolute Gasteiger partial charge is 0.399 e. The molecule has 2 atom stereocenters. The number of fused-ring (bicyclic) bond motifs is 3. The first-order chi connectivity index (χ1) is 11.2. The van der Waals surface area contributed by atoms with E-state index in [1.807, 2.05) is 0 Å². The number of hydrogen-bond acceptors (Lipinski definition) is 7. The molecular formula is C15H18N4O3S. The Bertz CT molecular complexity index is 677. The summed E-state index contributed by atoms with van der Waals surface area (Å²) in [6, 6.07) is 4.13. The monoisotopic (exact) mass is 334 g/mol. The van der Waals surface area contributed by atoms with Crippen LogP contribution >= 0.6 is 11.3 Å². The molecule has 3 fully saturated rings. The number of carbonyl (C=O) groups is 1. The highest BCUT2D eigenvalue weighted by atomic mass is 32.1. The lowest BCUT2D eigenvalue weighted by atomic mass is 9.79. The van der Waals surface area contributed by atoms with Crippen molar-refractivity contribution < 1.29 is 13.9 Å². The van der Waals surface area contributed by atoms with Crippen LogP contribution in [0.25, 0.3) is 0 Å². The quantitative estimate of drug-likeness (QED) is 0.923. The molecule has 23 heavy (non-hydrogen) atoms. The van der Waals surface area contributed by atoms with E-state index in [0.29, 0.717) is 21.9 Å². The van der Waals surface area contributed by atoms with E-state index in [9.17, 15) is 4.79 Å². The van der Waals surface area contributed by atoms with Crippen molar-refractivity contribution in [3.05, 3.63) is 23.4 Å². The maximum absolute atomic E-state index is 12.5. The van der Waals surface area contributed by atoms with Gasteiger partial charge in [-0.2, -0.15) is 0 Å². The van der Waals surface area contributed by atoms with Crippen LogP contribution in [0.2, 0.25) is 0 Å². The lowest BCUT2D eigenvalue weighted by molar-refractivity contribution is 0.0218. The molecule has 2 aromatic rings. The summed E-state index contributed by atoms with van der Waals surface area (Å²) in [7, 11) is 0. The Morgan fingerprint density at radius 3 is 2.96 bits per heavy atom. The van der Waals surface area contributed by atoms with Crippen LogP contribution < -0.4 is 10.1 Å². The topological polar surface area (TPSA) is 80.5 Å². The number of piperidine rings is 3. The Balaban J connectivity index is 1.42. The third-order valence-corrected chi connectivity index (χ3v) is 5.77. The van der Waals surface area contributed by atoms with E-state index < -0.39 is 0 Å². The zero-order valence-electron chi connectivity index (χ0n) is 12.8. The van der Waals surface area contributed by atoms with Crippen LogP contribution in [0.4, 0.5) is 0 Å². The van der Waals surface area contributed by atoms with Crippen LogP contribution in [0.3, 0.4) is 0 Å². The molecule has 8 heteroatoms. The van der Waals surface area contributed by atoms with Crippen LogP contribution in [-0.4, -0.2) is 46.2 Å². The predicted octanol–water partition coefficient (Wildman–Crippen LogP) is 2.14. The summed E-state index contributed by atoms with van der Waals surface area (Å²) in [4.78, 5) is 15.6. The maximum Gasteiger partial charge on any atom is 0.420 e. The molecule has 1 N–H and O–H groups in total. The number of hydrogen-bond donors (Lipinski definition) is 1. The van der Waals surface area contributed by atoms with Gasteiger partial charge in [0.1, 0.15) is 0 Å². The highest BCUT2D eigenvalue weighted by Crippen LogP contribution is 2.33. The Labute approximate surface area is 137 Å². The minimum absolute atomic E-state index is 0.0408. The van der Waals surface area contributed by atoms with Crippen molar-refractivity contribution in [2.24, 2.45) is 5.92 Å². The van der Waals surface area contributed by atoms with Gasteiger partial charge in [0.2, 0.25) is 6.39 Å². The van der Waals surface area contributed by atoms with Crippen molar-refractivity contribution >= 4 is 17.2 Å². The summed E-state index contributed by atoms with van der Waals surface area (Å²) in [6.45, 7) is 4.51. The van der Waals surface area contributed by atoms with Gasteiger partial charge in [0.05, 0.1) is 4.88 Å². The van der Waals surface area contributed by atoms with Gasteiger partial charge in [0.25, 0.3) is 5.91 Å². The molecule has 0 aromatic carbocycles. The maximum atomic E-state index is 12.5. The van der Waals surface area contributed by atoms with E-state index in [1.165, 1.54) is 30.6 Å². The number of nitrogens with one attached hydrogen (secondary N) is 1. The number of rotatable bonds is 4. The standard InChI is InChI=1S/C15H18N4O3S/c1-9-13(10-4-6-19(9)7-5-10)17-14(20)11-2-3-12(23-11)22-15-18-16-8-21-15/h2-3,8-10,13H,4-7H2,1H3,(H,17,20). The van der Waals surface area contributed by atoms with Crippen LogP contribution in [-0.2, 0) is 0 Å². The summed E-state index contributed by atoms with van der Waals surface area (Å²) in [5, 5.41) is 11.0. The van der Waals surface area contributed by atoms with Crippen LogP contribution in [0.5, 0.6) is 11.1 Å². The fourth-order valence-corrected chi connectivity index (χ4v) is 4.31. The molecule has 0 radical (unpaired) electrons. The summed E-state index contributed by atoms with van der Waals surface area (Å²) < 4.78 is 10.3. The first-order valence-electron chi connectivity index (χ1n) is 7.79. The van der Waals surface area contributed by atoms with Gasteiger partial charge in [0, 0.05) is 12.1 Å². The Kier molecular flexibility index (Phi) is 3.78. The van der Waals surface area contributed by atoms with Gasteiger partial charge in [-0.25, -0.2) is 0 Å². The second-order valence-corrected chi connectivity index (χ2v) is 7.08. The highest BCUT2D eigenvalue weighted by Gasteiger charge is 2.40. The molecule has 5 rings (SSSR count). The molecule has 2 bridgehead atoms. The SMILES string of the molecule is CC1C(NC(=O)c2ccc(Oc3nnco3)s2)C2CCN1CC2. The van der Waals surface area contributed by atoms with E-state index in [4.69, 9.17) is 9.15 Å². The fourth-order valence-electron chi connectivity index (χ4n) is 3.56. The van der Waals surface area contributed by atoms with Gasteiger partial charge in [-0.1, -0.05) is 16.4 Å². The molecule has 122 valence electrons. The molecular weight excluding hydrogens is 316 g/mol. The highest BCUT2D eigenvalue weighted by molar-refractivity contribution is 7.15. The molecule has 1 amide bonds. The van der Waals surface area contributed by atoms with Gasteiger partial charge >= 0.3 is 6.08 Å². The van der Waals surface area contributed by atoms with Crippen molar-refractivity contribution in [1.29, 1.82) is 0 Å². The Morgan fingerprint density at radius 2 is 2.26 bits per heavy atom. The first kappa shape index (κ1) is 14.6. The largest absolute Gasteiger partial charge is 0.420 e. The second kappa shape index (κ2) is 5.93. The van der Waals surface area contributed by atoms with Gasteiger partial charge in [-0.3, -0.25) is 9.69 Å². The molecule has 5 heterocycles. The normalized spacial score (nSPS) is 29.4. The summed E-state index contributed by atoms with van der Waals surface area (Å²) in [5.74, 6) is 0.550. The van der Waals surface area contributed by atoms with E-state index in [-0.39, 0.29) is 18.0 Å². The molecule has 3 aliphatic heterocycles. The minimum Gasteiger partial charge on any atom is -0.399 e. The summed E-state index contributed by atoms with van der Waals surface area (Å²) in [6.07, 6.45) is 3.62. The predicted molar refractivity (Wildman–Crippen MR) is 83.7 cm³/mol. The van der Waals surface area contributed by atoms with Crippen LogP contribution in [0.1, 0.15) is 29.4 Å².